The Morgan fingerprint density at radius 1 is 1.08 bits per heavy atom. The Bertz CT molecular complexity index is 850. The highest BCUT2D eigenvalue weighted by molar-refractivity contribution is 5.86. The fraction of sp³-hybridized carbons (Fsp3) is 0.333. The standard InChI is InChI=1S/C21H24N2O2/c1-14(2)12-16-8-10-17(11-9-16)15(3)22-21(24)13-19-18-6-4-5-7-20(18)25-23-19/h4-11,14-15H,12-13H2,1-3H3,(H,22,24). The quantitative estimate of drug-likeness (QED) is 0.724. The largest absolute Gasteiger partial charge is 0.356 e. The van der Waals surface area contributed by atoms with Crippen LogP contribution in [-0.4, -0.2) is 11.1 Å². The summed E-state index contributed by atoms with van der Waals surface area (Å²) in [4.78, 5) is 12.4. The molecule has 130 valence electrons. The van der Waals surface area contributed by atoms with Crippen molar-refractivity contribution in [2.75, 3.05) is 0 Å². The van der Waals surface area contributed by atoms with E-state index in [1.54, 1.807) is 0 Å². The molecule has 0 aliphatic carbocycles. The maximum Gasteiger partial charge on any atom is 0.226 e. The number of fused-ring (bicyclic) bond motifs is 1. The molecule has 0 spiro atoms. The van der Waals surface area contributed by atoms with E-state index in [-0.39, 0.29) is 18.4 Å². The number of nitrogens with zero attached hydrogens (tertiary/aromatic N) is 1. The third-order valence-corrected chi connectivity index (χ3v) is 4.28. The van der Waals surface area contributed by atoms with Gasteiger partial charge in [0.05, 0.1) is 12.5 Å². The summed E-state index contributed by atoms with van der Waals surface area (Å²) in [7, 11) is 0. The molecular formula is C21H24N2O2. The van der Waals surface area contributed by atoms with E-state index in [2.05, 4.69) is 48.6 Å². The number of rotatable bonds is 6. The minimum Gasteiger partial charge on any atom is -0.356 e. The lowest BCUT2D eigenvalue weighted by Gasteiger charge is -2.15. The number of nitrogens with one attached hydrogen (secondary N) is 1. The molecule has 1 amide bonds. The molecule has 1 heterocycles. The summed E-state index contributed by atoms with van der Waals surface area (Å²) in [5.41, 5.74) is 3.81. The monoisotopic (exact) mass is 336 g/mol. The Labute approximate surface area is 148 Å². The summed E-state index contributed by atoms with van der Waals surface area (Å²) in [6, 6.07) is 16.0. The molecule has 0 aliphatic rings. The molecule has 1 aromatic heterocycles. The molecular weight excluding hydrogens is 312 g/mol. The molecule has 25 heavy (non-hydrogen) atoms. The number of carbonyl (C=O) groups is 1. The Hall–Kier alpha value is -2.62. The minimum atomic E-state index is -0.0576. The lowest BCUT2D eigenvalue weighted by atomic mass is 10.00. The highest BCUT2D eigenvalue weighted by Gasteiger charge is 2.14. The zero-order chi connectivity index (χ0) is 17.8. The van der Waals surface area contributed by atoms with E-state index in [0.29, 0.717) is 17.2 Å². The van der Waals surface area contributed by atoms with Gasteiger partial charge in [-0.15, -0.1) is 0 Å². The predicted molar refractivity (Wildman–Crippen MR) is 99.3 cm³/mol. The van der Waals surface area contributed by atoms with Gasteiger partial charge in [0.1, 0.15) is 5.69 Å². The number of amides is 1. The van der Waals surface area contributed by atoms with Gasteiger partial charge < -0.3 is 9.84 Å². The van der Waals surface area contributed by atoms with E-state index in [9.17, 15) is 4.79 Å². The Morgan fingerprint density at radius 3 is 2.52 bits per heavy atom. The average molecular weight is 336 g/mol. The SMILES string of the molecule is CC(C)Cc1ccc(C(C)NC(=O)Cc2noc3ccccc23)cc1. The smallest absolute Gasteiger partial charge is 0.226 e. The zero-order valence-electron chi connectivity index (χ0n) is 15.0. The second-order valence-corrected chi connectivity index (χ2v) is 6.93. The van der Waals surface area contributed by atoms with Crippen LogP contribution in [0.3, 0.4) is 0 Å². The van der Waals surface area contributed by atoms with Crippen molar-refractivity contribution in [2.24, 2.45) is 5.92 Å². The normalized spacial score (nSPS) is 12.5. The van der Waals surface area contributed by atoms with Crippen LogP contribution in [-0.2, 0) is 17.6 Å². The van der Waals surface area contributed by atoms with E-state index in [1.807, 2.05) is 31.2 Å². The molecule has 2 aromatic carbocycles. The van der Waals surface area contributed by atoms with Crippen molar-refractivity contribution < 1.29 is 9.32 Å². The van der Waals surface area contributed by atoms with Gasteiger partial charge in [-0.1, -0.05) is 55.4 Å². The van der Waals surface area contributed by atoms with Gasteiger partial charge in [0.25, 0.3) is 0 Å². The third kappa shape index (κ3) is 4.27. The van der Waals surface area contributed by atoms with Gasteiger partial charge in [-0.25, -0.2) is 0 Å². The van der Waals surface area contributed by atoms with Crippen LogP contribution in [0.5, 0.6) is 0 Å². The minimum absolute atomic E-state index is 0.0428. The molecule has 0 saturated carbocycles. The number of para-hydroxylation sites is 1. The molecule has 0 fully saturated rings. The van der Waals surface area contributed by atoms with E-state index in [0.717, 1.165) is 17.4 Å². The molecule has 3 aromatic rings. The van der Waals surface area contributed by atoms with E-state index >= 15 is 0 Å². The molecule has 4 heteroatoms. The molecule has 1 atom stereocenters. The van der Waals surface area contributed by atoms with Crippen molar-refractivity contribution in [1.29, 1.82) is 0 Å². The van der Waals surface area contributed by atoms with Crippen molar-refractivity contribution in [1.82, 2.24) is 10.5 Å². The number of aromatic nitrogens is 1. The van der Waals surface area contributed by atoms with Crippen LogP contribution in [0, 0.1) is 5.92 Å². The lowest BCUT2D eigenvalue weighted by Crippen LogP contribution is -2.28. The van der Waals surface area contributed by atoms with Crippen LogP contribution < -0.4 is 5.32 Å². The van der Waals surface area contributed by atoms with E-state index in [4.69, 9.17) is 4.52 Å². The first kappa shape index (κ1) is 17.2. The fourth-order valence-electron chi connectivity index (χ4n) is 3.01. The summed E-state index contributed by atoms with van der Waals surface area (Å²) in [6.45, 7) is 6.42. The van der Waals surface area contributed by atoms with Crippen molar-refractivity contribution >= 4 is 16.9 Å². The van der Waals surface area contributed by atoms with Gasteiger partial charge in [-0.2, -0.15) is 0 Å². The Morgan fingerprint density at radius 2 is 1.80 bits per heavy atom. The van der Waals surface area contributed by atoms with E-state index in [1.165, 1.54) is 5.56 Å². The van der Waals surface area contributed by atoms with E-state index < -0.39 is 0 Å². The van der Waals surface area contributed by atoms with Crippen molar-refractivity contribution in [3.8, 4) is 0 Å². The topological polar surface area (TPSA) is 55.1 Å². The van der Waals surface area contributed by atoms with Gasteiger partial charge >= 0.3 is 0 Å². The molecule has 4 nitrogen and oxygen atoms in total. The fourth-order valence-corrected chi connectivity index (χ4v) is 3.01. The van der Waals surface area contributed by atoms with Gasteiger partial charge in [0, 0.05) is 5.39 Å². The molecule has 3 rings (SSSR count). The molecule has 1 unspecified atom stereocenters. The van der Waals surface area contributed by atoms with Crippen LogP contribution in [0.15, 0.2) is 53.1 Å². The third-order valence-electron chi connectivity index (χ3n) is 4.28. The van der Waals surface area contributed by atoms with Crippen LogP contribution in [0.25, 0.3) is 11.0 Å². The number of benzene rings is 2. The van der Waals surface area contributed by atoms with Crippen molar-refractivity contribution in [3.63, 3.8) is 0 Å². The maximum atomic E-state index is 12.4. The predicted octanol–water partition coefficient (Wildman–Crippen LogP) is 4.45. The number of hydrogen-bond donors (Lipinski definition) is 1. The highest BCUT2D eigenvalue weighted by Crippen LogP contribution is 2.19. The molecule has 0 aliphatic heterocycles. The molecule has 0 saturated heterocycles. The summed E-state index contributed by atoms with van der Waals surface area (Å²) >= 11 is 0. The molecule has 0 bridgehead atoms. The first-order valence-electron chi connectivity index (χ1n) is 8.74. The summed E-state index contributed by atoms with van der Waals surface area (Å²) < 4.78 is 5.25. The molecule has 1 N–H and O–H groups in total. The van der Waals surface area contributed by atoms with Crippen molar-refractivity contribution in [2.45, 2.75) is 39.7 Å². The second kappa shape index (κ2) is 7.51. The van der Waals surface area contributed by atoms with Gasteiger partial charge in [0.2, 0.25) is 5.91 Å². The van der Waals surface area contributed by atoms with Crippen LogP contribution in [0.1, 0.15) is 43.6 Å². The number of carbonyl (C=O) groups excluding carboxylic acids is 1. The van der Waals surface area contributed by atoms with Crippen LogP contribution >= 0.6 is 0 Å². The summed E-state index contributed by atoms with van der Waals surface area (Å²) in [5, 5.41) is 7.95. The maximum absolute atomic E-state index is 12.4. The van der Waals surface area contributed by atoms with Gasteiger partial charge in [-0.05, 0) is 42.5 Å². The zero-order valence-corrected chi connectivity index (χ0v) is 15.0. The van der Waals surface area contributed by atoms with Crippen molar-refractivity contribution in [3.05, 3.63) is 65.4 Å². The average Bonchev–Trinajstić information content (AvgIpc) is 2.98. The van der Waals surface area contributed by atoms with Gasteiger partial charge in [0.15, 0.2) is 5.58 Å². The van der Waals surface area contributed by atoms with Crippen LogP contribution in [0.2, 0.25) is 0 Å². The van der Waals surface area contributed by atoms with Crippen LogP contribution in [0.4, 0.5) is 0 Å². The first-order valence-corrected chi connectivity index (χ1v) is 8.74. The Kier molecular flexibility index (Phi) is 5.17. The molecule has 0 radical (unpaired) electrons. The highest BCUT2D eigenvalue weighted by atomic mass is 16.5. The lowest BCUT2D eigenvalue weighted by molar-refractivity contribution is -0.121. The van der Waals surface area contributed by atoms with Gasteiger partial charge in [-0.3, -0.25) is 4.79 Å². The Balaban J connectivity index is 1.62. The summed E-state index contributed by atoms with van der Waals surface area (Å²) in [5.74, 6) is 0.582. The second-order valence-electron chi connectivity index (χ2n) is 6.93. The first-order chi connectivity index (χ1) is 12.0. The summed E-state index contributed by atoms with van der Waals surface area (Å²) in [6.07, 6.45) is 1.28. The number of hydrogen-bond acceptors (Lipinski definition) is 3.